The second-order valence-corrected chi connectivity index (χ2v) is 11.2. The zero-order chi connectivity index (χ0) is 34.6. The first-order valence-corrected chi connectivity index (χ1v) is 14.0. The number of nitrogens with one attached hydrogen (secondary N) is 1. The van der Waals surface area contributed by atoms with Crippen molar-refractivity contribution in [2.24, 2.45) is 4.99 Å². The molecule has 252 valence electrons. The number of aliphatic imine (C=N–C) groups is 1. The third-order valence-electron chi connectivity index (χ3n) is 6.47. The highest BCUT2D eigenvalue weighted by Gasteiger charge is 2.37. The molecular formula is C30H29F6N5O6. The monoisotopic (exact) mass is 669 g/mol. The lowest BCUT2D eigenvalue weighted by atomic mass is 10.1. The van der Waals surface area contributed by atoms with Crippen molar-refractivity contribution in [3.05, 3.63) is 71.1 Å². The van der Waals surface area contributed by atoms with Crippen LogP contribution in [0.1, 0.15) is 62.2 Å². The molecule has 1 unspecified atom stereocenters. The SMILES string of the molecule is CC(C)(C)OC(=O)NC(=NC(=O)O)N1CCCC1c1nc(-c2ccc(OCC=Cc3cccc(C(F)(F)F)c3)c(C(F)(F)F)c2)no1. The van der Waals surface area contributed by atoms with Gasteiger partial charge in [-0.3, -0.25) is 5.32 Å². The molecule has 2 aromatic carbocycles. The van der Waals surface area contributed by atoms with E-state index in [0.717, 1.165) is 24.3 Å². The smallest absolute Gasteiger partial charge is 0.434 e. The van der Waals surface area contributed by atoms with Gasteiger partial charge in [-0.25, -0.2) is 9.59 Å². The minimum absolute atomic E-state index is 0.0600. The lowest BCUT2D eigenvalue weighted by molar-refractivity contribution is -0.139. The molecule has 1 atom stereocenters. The number of carbonyl (C=O) groups is 2. The number of benzene rings is 2. The quantitative estimate of drug-likeness (QED) is 0.155. The molecule has 0 aliphatic carbocycles. The summed E-state index contributed by atoms with van der Waals surface area (Å²) < 4.78 is 96.6. The minimum atomic E-state index is -4.86. The highest BCUT2D eigenvalue weighted by molar-refractivity contribution is 5.98. The van der Waals surface area contributed by atoms with Crippen molar-refractivity contribution in [2.45, 2.75) is 57.6 Å². The van der Waals surface area contributed by atoms with Crippen LogP contribution < -0.4 is 10.1 Å². The molecule has 1 aromatic heterocycles. The lowest BCUT2D eigenvalue weighted by Crippen LogP contribution is -2.46. The number of carbonyl (C=O) groups excluding carboxylic acids is 1. The third-order valence-corrected chi connectivity index (χ3v) is 6.47. The molecule has 0 saturated carbocycles. The van der Waals surface area contributed by atoms with Crippen molar-refractivity contribution in [2.75, 3.05) is 13.2 Å². The van der Waals surface area contributed by atoms with E-state index in [2.05, 4.69) is 20.4 Å². The van der Waals surface area contributed by atoms with Crippen molar-refractivity contribution in [1.82, 2.24) is 20.4 Å². The number of hydrogen-bond donors (Lipinski definition) is 2. The number of alkyl carbamates (subject to hydrolysis) is 1. The first kappa shape index (κ1) is 34.8. The number of likely N-dealkylation sites (tertiary alicyclic amines) is 1. The molecule has 0 bridgehead atoms. The fourth-order valence-electron chi connectivity index (χ4n) is 4.57. The fraction of sp³-hybridized carbons (Fsp3) is 0.367. The van der Waals surface area contributed by atoms with E-state index < -0.39 is 53.1 Å². The van der Waals surface area contributed by atoms with E-state index in [-0.39, 0.29) is 42.0 Å². The maximum Gasteiger partial charge on any atom is 0.434 e. The second-order valence-electron chi connectivity index (χ2n) is 11.2. The Balaban J connectivity index is 1.52. The molecule has 1 aliphatic heterocycles. The molecule has 0 spiro atoms. The van der Waals surface area contributed by atoms with Crippen molar-refractivity contribution in [3.8, 4) is 17.1 Å². The van der Waals surface area contributed by atoms with E-state index in [9.17, 15) is 41.0 Å². The van der Waals surface area contributed by atoms with Crippen molar-refractivity contribution >= 4 is 24.2 Å². The average Bonchev–Trinajstić information content (AvgIpc) is 3.63. The average molecular weight is 670 g/mol. The highest BCUT2D eigenvalue weighted by atomic mass is 19.4. The molecule has 47 heavy (non-hydrogen) atoms. The van der Waals surface area contributed by atoms with Crippen LogP contribution in [0.5, 0.6) is 5.75 Å². The highest BCUT2D eigenvalue weighted by Crippen LogP contribution is 2.39. The van der Waals surface area contributed by atoms with Gasteiger partial charge in [-0.1, -0.05) is 23.4 Å². The van der Waals surface area contributed by atoms with Gasteiger partial charge in [0, 0.05) is 12.1 Å². The molecule has 1 saturated heterocycles. The van der Waals surface area contributed by atoms with E-state index in [1.54, 1.807) is 20.8 Å². The molecule has 3 aromatic rings. The molecule has 2 N–H and O–H groups in total. The third kappa shape index (κ3) is 9.46. The van der Waals surface area contributed by atoms with Crippen LogP contribution in [-0.4, -0.2) is 57.0 Å². The molecular weight excluding hydrogens is 640 g/mol. The van der Waals surface area contributed by atoms with Gasteiger partial charge < -0.3 is 24.0 Å². The van der Waals surface area contributed by atoms with Crippen LogP contribution in [0.3, 0.4) is 0 Å². The number of aromatic nitrogens is 2. The Morgan fingerprint density at radius 3 is 2.51 bits per heavy atom. The van der Waals surface area contributed by atoms with Crippen LogP contribution in [0.25, 0.3) is 17.5 Å². The van der Waals surface area contributed by atoms with Gasteiger partial charge in [-0.2, -0.15) is 31.3 Å². The van der Waals surface area contributed by atoms with Gasteiger partial charge in [0.15, 0.2) is 0 Å². The Labute approximate surface area is 263 Å². The summed E-state index contributed by atoms with van der Waals surface area (Å²) in [7, 11) is 0. The summed E-state index contributed by atoms with van der Waals surface area (Å²) in [5.74, 6) is -1.15. The van der Waals surface area contributed by atoms with Crippen LogP contribution in [0, 0.1) is 0 Å². The first-order chi connectivity index (χ1) is 21.9. The summed E-state index contributed by atoms with van der Waals surface area (Å²) in [5.41, 5.74) is -2.80. The summed E-state index contributed by atoms with van der Waals surface area (Å²) >= 11 is 0. The first-order valence-electron chi connectivity index (χ1n) is 14.0. The Morgan fingerprint density at radius 2 is 1.85 bits per heavy atom. The van der Waals surface area contributed by atoms with Crippen molar-refractivity contribution in [3.63, 3.8) is 0 Å². The molecule has 17 heteroatoms. The van der Waals surface area contributed by atoms with Gasteiger partial charge in [0.05, 0.1) is 11.1 Å². The van der Waals surface area contributed by atoms with E-state index >= 15 is 0 Å². The number of hydrogen-bond acceptors (Lipinski definition) is 7. The largest absolute Gasteiger partial charge is 0.489 e. The zero-order valence-electron chi connectivity index (χ0n) is 25.1. The number of alkyl halides is 6. The molecule has 2 amide bonds. The van der Waals surface area contributed by atoms with Crippen LogP contribution in [0.2, 0.25) is 0 Å². The van der Waals surface area contributed by atoms with E-state index in [0.29, 0.717) is 12.8 Å². The van der Waals surface area contributed by atoms with Gasteiger partial charge in [0.1, 0.15) is 24.0 Å². The molecule has 1 aliphatic rings. The Bertz CT molecular complexity index is 1660. The van der Waals surface area contributed by atoms with Crippen molar-refractivity contribution < 1.29 is 55.0 Å². The fourth-order valence-corrected chi connectivity index (χ4v) is 4.57. The Hall–Kier alpha value is -5.09. The van der Waals surface area contributed by atoms with Crippen LogP contribution in [-0.2, 0) is 17.1 Å². The Morgan fingerprint density at radius 1 is 1.11 bits per heavy atom. The predicted octanol–water partition coefficient (Wildman–Crippen LogP) is 7.56. The number of amides is 2. The molecule has 4 rings (SSSR count). The maximum atomic E-state index is 14.0. The number of nitrogens with zero attached hydrogens (tertiary/aromatic N) is 4. The van der Waals surface area contributed by atoms with Gasteiger partial charge >= 0.3 is 24.5 Å². The van der Waals surface area contributed by atoms with E-state index in [1.165, 1.54) is 35.3 Å². The second kappa shape index (κ2) is 13.7. The predicted molar refractivity (Wildman–Crippen MR) is 154 cm³/mol. The number of rotatable bonds is 6. The van der Waals surface area contributed by atoms with Gasteiger partial charge in [0.2, 0.25) is 17.7 Å². The summed E-state index contributed by atoms with van der Waals surface area (Å²) in [5, 5.41) is 15.4. The summed E-state index contributed by atoms with van der Waals surface area (Å²) in [6.07, 6.45) is -8.52. The zero-order valence-corrected chi connectivity index (χ0v) is 25.1. The number of carboxylic acid groups (broad SMARTS) is 1. The van der Waals surface area contributed by atoms with Gasteiger partial charge in [-0.05, 0) is 75.6 Å². The summed E-state index contributed by atoms with van der Waals surface area (Å²) in [6.45, 7) is 4.70. The van der Waals surface area contributed by atoms with E-state index in [1.807, 2.05) is 0 Å². The van der Waals surface area contributed by atoms with Crippen molar-refractivity contribution in [1.29, 1.82) is 0 Å². The molecule has 1 fully saturated rings. The number of guanidine groups is 1. The minimum Gasteiger partial charge on any atom is -0.489 e. The number of ether oxygens (including phenoxy) is 2. The van der Waals surface area contributed by atoms with E-state index in [4.69, 9.17) is 14.0 Å². The standard InChI is InChI=1S/C30H29F6N5O6/c1-28(2,3)46-27(44)39-25(38-26(42)43)41-13-5-10-21(41)24-37-23(40-47-24)18-11-12-22(20(16-18)30(34,35)36)45-14-6-8-17-7-4-9-19(15-17)29(31,32)33/h4,6-9,11-12,15-16,21H,5,10,13-14H2,1-3H3,(H,42,43)(H,38,39,44). The topological polar surface area (TPSA) is 139 Å². The van der Waals surface area contributed by atoms with Crippen LogP contribution in [0.4, 0.5) is 35.9 Å². The van der Waals surface area contributed by atoms with Gasteiger partial charge in [0.25, 0.3) is 0 Å². The molecule has 0 radical (unpaired) electrons. The summed E-state index contributed by atoms with van der Waals surface area (Å²) in [4.78, 5) is 32.8. The van der Waals surface area contributed by atoms with Gasteiger partial charge in [-0.15, -0.1) is 4.99 Å². The number of halogens is 6. The normalized spacial score (nSPS) is 16.1. The maximum absolute atomic E-state index is 14.0. The summed E-state index contributed by atoms with van der Waals surface area (Å²) in [6, 6.07) is 6.72. The molecule has 2 heterocycles. The molecule has 11 nitrogen and oxygen atoms in total. The van der Waals surface area contributed by atoms with Crippen LogP contribution >= 0.6 is 0 Å². The lowest BCUT2D eigenvalue weighted by Gasteiger charge is -2.26. The van der Waals surface area contributed by atoms with Crippen LogP contribution in [0.15, 0.2) is 58.1 Å². The Kier molecular flexibility index (Phi) is 10.2.